The fourth-order valence-electron chi connectivity index (χ4n) is 3.71. The number of para-hydroxylation sites is 2. The molecular weight excluding hydrogens is 366 g/mol. The van der Waals surface area contributed by atoms with Crippen molar-refractivity contribution < 1.29 is 23.1 Å². The van der Waals surface area contributed by atoms with E-state index in [1.807, 2.05) is 0 Å². The third-order valence-electron chi connectivity index (χ3n) is 5.07. The van der Waals surface area contributed by atoms with E-state index in [1.54, 1.807) is 29.2 Å². The fourth-order valence-corrected chi connectivity index (χ4v) is 3.71. The van der Waals surface area contributed by atoms with Gasteiger partial charge in [0.1, 0.15) is 17.4 Å². The number of rotatable bonds is 2. The first-order valence-corrected chi connectivity index (χ1v) is 9.35. The number of carbonyl (C=O) groups excluding carboxylic acids is 2. The molecule has 0 aromatic heterocycles. The molecule has 1 saturated heterocycles. The van der Waals surface area contributed by atoms with Crippen LogP contribution in [0.15, 0.2) is 42.5 Å². The fraction of sp³-hybridized carbons (Fsp3) is 0.333. The molecule has 0 unspecified atom stereocenters. The second kappa shape index (κ2) is 7.58. The van der Waals surface area contributed by atoms with Gasteiger partial charge in [-0.1, -0.05) is 12.1 Å². The Morgan fingerprint density at radius 1 is 0.964 bits per heavy atom. The van der Waals surface area contributed by atoms with Crippen molar-refractivity contribution in [1.29, 1.82) is 0 Å². The van der Waals surface area contributed by atoms with Gasteiger partial charge in [0.25, 0.3) is 11.8 Å². The van der Waals surface area contributed by atoms with E-state index in [4.69, 9.17) is 4.74 Å². The van der Waals surface area contributed by atoms with E-state index in [0.717, 1.165) is 31.4 Å². The molecule has 1 atom stereocenters. The highest BCUT2D eigenvalue weighted by atomic mass is 19.1. The van der Waals surface area contributed by atoms with Crippen LogP contribution in [0.5, 0.6) is 5.75 Å². The van der Waals surface area contributed by atoms with Gasteiger partial charge < -0.3 is 14.5 Å². The molecule has 5 nitrogen and oxygen atoms in total. The molecule has 0 aliphatic carbocycles. The number of hydrogen-bond acceptors (Lipinski definition) is 3. The maximum absolute atomic E-state index is 13.6. The Hall–Kier alpha value is -2.96. The molecule has 2 aliphatic heterocycles. The van der Waals surface area contributed by atoms with Gasteiger partial charge in [-0.05, 0) is 43.5 Å². The number of benzene rings is 2. The second-order valence-electron chi connectivity index (χ2n) is 7.03. The normalized spacial score (nSPS) is 19.0. The number of likely N-dealkylation sites (tertiary alicyclic amines) is 1. The van der Waals surface area contributed by atoms with Crippen LogP contribution in [0, 0.1) is 11.6 Å². The van der Waals surface area contributed by atoms with E-state index in [1.165, 1.54) is 4.90 Å². The Labute approximate surface area is 161 Å². The topological polar surface area (TPSA) is 49.9 Å². The third-order valence-corrected chi connectivity index (χ3v) is 5.07. The molecule has 0 N–H and O–H groups in total. The van der Waals surface area contributed by atoms with Crippen LogP contribution < -0.4 is 9.64 Å². The quantitative estimate of drug-likeness (QED) is 0.795. The standard InChI is InChI=1S/C21H20F2N2O3/c22-15-10-14(11-16(23)12-15)20(26)25-13-19(21(27)24-8-4-1-5-9-24)28-18-7-3-2-6-17(18)25/h2-3,6-7,10-12,19H,1,4-5,8-9,13H2/t19-/m1/s1. The predicted octanol–water partition coefficient (Wildman–Crippen LogP) is 3.39. The molecule has 0 spiro atoms. The first-order valence-electron chi connectivity index (χ1n) is 9.35. The summed E-state index contributed by atoms with van der Waals surface area (Å²) in [5, 5.41) is 0. The average molecular weight is 386 g/mol. The molecule has 1 fully saturated rings. The highest BCUT2D eigenvalue weighted by molar-refractivity contribution is 6.07. The van der Waals surface area contributed by atoms with Crippen LogP contribution in [0.25, 0.3) is 0 Å². The van der Waals surface area contributed by atoms with Crippen molar-refractivity contribution >= 4 is 17.5 Å². The summed E-state index contributed by atoms with van der Waals surface area (Å²) in [5.41, 5.74) is 0.359. The molecule has 146 valence electrons. The number of carbonyl (C=O) groups is 2. The van der Waals surface area contributed by atoms with Gasteiger partial charge in [0.2, 0.25) is 0 Å². The number of hydrogen-bond donors (Lipinski definition) is 0. The van der Waals surface area contributed by atoms with Gasteiger partial charge in [0.15, 0.2) is 6.10 Å². The number of halogens is 2. The molecular formula is C21H20F2N2O3. The lowest BCUT2D eigenvalue weighted by molar-refractivity contribution is -0.139. The van der Waals surface area contributed by atoms with Gasteiger partial charge in [0, 0.05) is 24.7 Å². The summed E-state index contributed by atoms with van der Waals surface area (Å²) < 4.78 is 33.1. The summed E-state index contributed by atoms with van der Waals surface area (Å²) in [6.45, 7) is 1.33. The van der Waals surface area contributed by atoms with E-state index in [0.29, 0.717) is 30.6 Å². The molecule has 4 rings (SSSR count). The van der Waals surface area contributed by atoms with Crippen molar-refractivity contribution in [2.24, 2.45) is 0 Å². The number of fused-ring (bicyclic) bond motifs is 1. The van der Waals surface area contributed by atoms with Crippen molar-refractivity contribution in [2.75, 3.05) is 24.5 Å². The molecule has 2 aromatic carbocycles. The minimum absolute atomic E-state index is 0.0106. The SMILES string of the molecule is O=C([C@H]1CN(C(=O)c2cc(F)cc(F)c2)c2ccccc2O1)N1CCCCC1. The van der Waals surface area contributed by atoms with Gasteiger partial charge in [-0.2, -0.15) is 0 Å². The summed E-state index contributed by atoms with van der Waals surface area (Å²) in [5.74, 6) is -2.01. The van der Waals surface area contributed by atoms with E-state index in [2.05, 4.69) is 0 Å². The Bertz CT molecular complexity index is 892. The molecule has 2 amide bonds. The van der Waals surface area contributed by atoms with E-state index in [-0.39, 0.29) is 18.0 Å². The highest BCUT2D eigenvalue weighted by Crippen LogP contribution is 2.34. The molecule has 2 aromatic rings. The molecule has 0 radical (unpaired) electrons. The number of nitrogens with zero attached hydrogens (tertiary/aromatic N) is 2. The molecule has 0 saturated carbocycles. The Balaban J connectivity index is 1.65. The number of anilines is 1. The lowest BCUT2D eigenvalue weighted by Crippen LogP contribution is -2.52. The summed E-state index contributed by atoms with van der Waals surface area (Å²) in [6, 6.07) is 9.54. The molecule has 0 bridgehead atoms. The summed E-state index contributed by atoms with van der Waals surface area (Å²) in [4.78, 5) is 29.1. The van der Waals surface area contributed by atoms with E-state index >= 15 is 0 Å². The van der Waals surface area contributed by atoms with Crippen LogP contribution >= 0.6 is 0 Å². The first kappa shape index (κ1) is 18.4. The van der Waals surface area contributed by atoms with Crippen molar-refractivity contribution in [3.63, 3.8) is 0 Å². The predicted molar refractivity (Wildman–Crippen MR) is 99.3 cm³/mol. The molecule has 2 aliphatic rings. The minimum Gasteiger partial charge on any atom is -0.476 e. The zero-order valence-electron chi connectivity index (χ0n) is 15.2. The van der Waals surface area contributed by atoms with E-state index in [9.17, 15) is 18.4 Å². The molecule has 7 heteroatoms. The Kier molecular flexibility index (Phi) is 4.98. The van der Waals surface area contributed by atoms with Crippen molar-refractivity contribution in [3.05, 3.63) is 59.7 Å². The number of ether oxygens (including phenoxy) is 1. The Morgan fingerprint density at radius 3 is 2.36 bits per heavy atom. The van der Waals surface area contributed by atoms with Crippen LogP contribution in [0.3, 0.4) is 0 Å². The van der Waals surface area contributed by atoms with Gasteiger partial charge in [-0.3, -0.25) is 9.59 Å². The lowest BCUT2D eigenvalue weighted by Gasteiger charge is -2.37. The summed E-state index contributed by atoms with van der Waals surface area (Å²) in [6.07, 6.45) is 2.13. The van der Waals surface area contributed by atoms with E-state index < -0.39 is 23.6 Å². The average Bonchev–Trinajstić information content (AvgIpc) is 2.71. The molecule has 28 heavy (non-hydrogen) atoms. The van der Waals surface area contributed by atoms with Crippen molar-refractivity contribution in [1.82, 2.24) is 4.90 Å². The van der Waals surface area contributed by atoms with Gasteiger partial charge in [-0.25, -0.2) is 8.78 Å². The molecule has 2 heterocycles. The summed E-state index contributed by atoms with van der Waals surface area (Å²) >= 11 is 0. The van der Waals surface area contributed by atoms with Crippen LogP contribution in [0.1, 0.15) is 29.6 Å². The highest BCUT2D eigenvalue weighted by Gasteiger charge is 2.36. The van der Waals surface area contributed by atoms with Crippen LogP contribution in [0.2, 0.25) is 0 Å². The largest absolute Gasteiger partial charge is 0.476 e. The number of amides is 2. The monoisotopic (exact) mass is 386 g/mol. The van der Waals surface area contributed by atoms with Crippen molar-refractivity contribution in [2.45, 2.75) is 25.4 Å². The van der Waals surface area contributed by atoms with Crippen LogP contribution in [-0.4, -0.2) is 42.5 Å². The summed E-state index contributed by atoms with van der Waals surface area (Å²) in [7, 11) is 0. The second-order valence-corrected chi connectivity index (χ2v) is 7.03. The number of piperidine rings is 1. The lowest BCUT2D eigenvalue weighted by atomic mass is 10.1. The third kappa shape index (κ3) is 3.56. The smallest absolute Gasteiger partial charge is 0.265 e. The zero-order chi connectivity index (χ0) is 19.7. The first-order chi connectivity index (χ1) is 13.5. The Morgan fingerprint density at radius 2 is 1.64 bits per heavy atom. The van der Waals surface area contributed by atoms with Gasteiger partial charge in [0.05, 0.1) is 12.2 Å². The van der Waals surface area contributed by atoms with Gasteiger partial charge in [-0.15, -0.1) is 0 Å². The maximum atomic E-state index is 13.6. The van der Waals surface area contributed by atoms with Gasteiger partial charge >= 0.3 is 0 Å². The zero-order valence-corrected chi connectivity index (χ0v) is 15.2. The van der Waals surface area contributed by atoms with Crippen molar-refractivity contribution in [3.8, 4) is 5.75 Å². The van der Waals surface area contributed by atoms with Crippen LogP contribution in [0.4, 0.5) is 14.5 Å². The van der Waals surface area contributed by atoms with Crippen LogP contribution in [-0.2, 0) is 4.79 Å². The maximum Gasteiger partial charge on any atom is 0.265 e. The minimum atomic E-state index is -0.852.